The second kappa shape index (κ2) is 10.6. The van der Waals surface area contributed by atoms with Gasteiger partial charge in [-0.1, -0.05) is 67.6 Å². The fourth-order valence-corrected chi connectivity index (χ4v) is 4.24. The van der Waals surface area contributed by atoms with E-state index in [4.69, 9.17) is 19.6 Å². The molecule has 4 heterocycles. The number of fused-ring (bicyclic) bond motifs is 1. The summed E-state index contributed by atoms with van der Waals surface area (Å²) in [5, 5.41) is 8.43. The molecule has 0 bridgehead atoms. The van der Waals surface area contributed by atoms with Crippen molar-refractivity contribution in [2.45, 2.75) is 26.5 Å². The molecule has 7 nitrogen and oxygen atoms in total. The molecule has 1 fully saturated rings. The summed E-state index contributed by atoms with van der Waals surface area (Å²) in [7, 11) is 0. The minimum atomic E-state index is -0.369. The van der Waals surface area contributed by atoms with Gasteiger partial charge in [-0.2, -0.15) is 9.61 Å². The standard InChI is InChI=1S/C28H31N5O2/c1-3-5-7-11-21(10-4-2)23-18-26-29-24(19-27(33(26)31-23)32-14-16-34-17-15-32)28-30-25(20-35-28)22-12-8-6-9-13-22/h4-13,18-20,28,30H,3,14-17H2,1-2H3/b7-5+,10-4-,21-11+. The first-order valence-corrected chi connectivity index (χ1v) is 12.2. The molecule has 7 heteroatoms. The molecule has 1 unspecified atom stereocenters. The Hall–Kier alpha value is -3.84. The zero-order valence-electron chi connectivity index (χ0n) is 20.2. The van der Waals surface area contributed by atoms with E-state index in [1.165, 1.54) is 0 Å². The van der Waals surface area contributed by atoms with Crippen molar-refractivity contribution in [1.29, 1.82) is 0 Å². The van der Waals surface area contributed by atoms with Crippen molar-refractivity contribution < 1.29 is 9.47 Å². The first-order chi connectivity index (χ1) is 17.3. The summed E-state index contributed by atoms with van der Waals surface area (Å²) in [5.41, 5.74) is 5.55. The molecule has 3 aromatic rings. The van der Waals surface area contributed by atoms with Gasteiger partial charge < -0.3 is 19.7 Å². The van der Waals surface area contributed by atoms with Gasteiger partial charge in [0.05, 0.1) is 24.6 Å². The van der Waals surface area contributed by atoms with Gasteiger partial charge in [-0.15, -0.1) is 0 Å². The summed E-state index contributed by atoms with van der Waals surface area (Å²) < 4.78 is 13.5. The summed E-state index contributed by atoms with van der Waals surface area (Å²) in [5.74, 6) is 0.988. The van der Waals surface area contributed by atoms with Crippen LogP contribution in [0.3, 0.4) is 0 Å². The average molecular weight is 470 g/mol. The number of anilines is 1. The summed E-state index contributed by atoms with van der Waals surface area (Å²) in [4.78, 5) is 7.25. The van der Waals surface area contributed by atoms with E-state index >= 15 is 0 Å². The number of nitrogens with one attached hydrogen (secondary N) is 1. The molecule has 35 heavy (non-hydrogen) atoms. The molecule has 0 spiro atoms. The molecular formula is C28H31N5O2. The maximum atomic E-state index is 6.02. The van der Waals surface area contributed by atoms with Crippen LogP contribution in [0.4, 0.5) is 5.82 Å². The highest BCUT2D eigenvalue weighted by molar-refractivity contribution is 5.75. The lowest BCUT2D eigenvalue weighted by Gasteiger charge is -2.29. The third kappa shape index (κ3) is 5.00. The maximum Gasteiger partial charge on any atom is 0.212 e. The minimum Gasteiger partial charge on any atom is -0.470 e. The predicted molar refractivity (Wildman–Crippen MR) is 140 cm³/mol. The van der Waals surface area contributed by atoms with Gasteiger partial charge in [0.1, 0.15) is 17.8 Å². The van der Waals surface area contributed by atoms with Crippen LogP contribution in [-0.2, 0) is 9.47 Å². The Kier molecular flexibility index (Phi) is 6.95. The zero-order chi connectivity index (χ0) is 24.0. The van der Waals surface area contributed by atoms with Crippen LogP contribution in [0.15, 0.2) is 79.1 Å². The van der Waals surface area contributed by atoms with Crippen LogP contribution in [0.2, 0.25) is 0 Å². The summed E-state index contributed by atoms with van der Waals surface area (Å²) >= 11 is 0. The number of hydrogen-bond acceptors (Lipinski definition) is 6. The number of morpholine rings is 1. The van der Waals surface area contributed by atoms with E-state index in [1.54, 1.807) is 6.26 Å². The molecule has 0 aliphatic carbocycles. The fraction of sp³-hybridized carbons (Fsp3) is 0.286. The topological polar surface area (TPSA) is 63.9 Å². The van der Waals surface area contributed by atoms with Crippen molar-refractivity contribution in [1.82, 2.24) is 19.9 Å². The number of benzene rings is 1. The predicted octanol–water partition coefficient (Wildman–Crippen LogP) is 5.11. The average Bonchev–Trinajstić information content (AvgIpc) is 3.57. The molecule has 1 aromatic carbocycles. The molecule has 0 saturated carbocycles. The largest absolute Gasteiger partial charge is 0.470 e. The van der Waals surface area contributed by atoms with Crippen molar-refractivity contribution in [2.75, 3.05) is 31.2 Å². The summed E-state index contributed by atoms with van der Waals surface area (Å²) in [6.45, 7) is 7.13. The van der Waals surface area contributed by atoms with Crippen LogP contribution in [0.1, 0.15) is 43.4 Å². The van der Waals surface area contributed by atoms with Gasteiger partial charge in [-0.25, -0.2) is 4.98 Å². The van der Waals surface area contributed by atoms with Gasteiger partial charge >= 0.3 is 0 Å². The molecule has 0 radical (unpaired) electrons. The monoisotopic (exact) mass is 469 g/mol. The highest BCUT2D eigenvalue weighted by Gasteiger charge is 2.25. The number of rotatable bonds is 7. The normalized spacial score (nSPS) is 18.9. The smallest absolute Gasteiger partial charge is 0.212 e. The molecule has 2 aromatic heterocycles. The van der Waals surface area contributed by atoms with Crippen LogP contribution in [-0.4, -0.2) is 40.9 Å². The number of nitrogens with zero attached hydrogens (tertiary/aromatic N) is 4. The zero-order valence-corrected chi connectivity index (χ0v) is 20.2. The SMILES string of the molecule is C\C=C/C(=C\C=C\CC)c1cc2nc(C3NC(c4ccccc4)=CO3)cc(N3CCOCC3)n2n1. The van der Waals surface area contributed by atoms with Gasteiger partial charge in [0.25, 0.3) is 0 Å². The lowest BCUT2D eigenvalue weighted by molar-refractivity contribution is 0.122. The van der Waals surface area contributed by atoms with Gasteiger partial charge in [-0.3, -0.25) is 0 Å². The third-order valence-corrected chi connectivity index (χ3v) is 6.01. The molecule has 180 valence electrons. The fourth-order valence-electron chi connectivity index (χ4n) is 4.24. The second-order valence-electron chi connectivity index (χ2n) is 8.45. The van der Waals surface area contributed by atoms with Crippen LogP contribution >= 0.6 is 0 Å². The number of hydrogen-bond donors (Lipinski definition) is 1. The number of allylic oxidation sites excluding steroid dienone is 6. The van der Waals surface area contributed by atoms with Crippen molar-refractivity contribution in [3.05, 3.63) is 96.1 Å². The van der Waals surface area contributed by atoms with E-state index in [0.29, 0.717) is 13.2 Å². The molecular weight excluding hydrogens is 438 g/mol. The molecule has 1 saturated heterocycles. The van der Waals surface area contributed by atoms with Crippen LogP contribution in [0, 0.1) is 0 Å². The first kappa shape index (κ1) is 22.9. The van der Waals surface area contributed by atoms with Crippen molar-refractivity contribution in [2.24, 2.45) is 0 Å². The van der Waals surface area contributed by atoms with Gasteiger partial charge in [0, 0.05) is 36.4 Å². The van der Waals surface area contributed by atoms with Gasteiger partial charge in [0.2, 0.25) is 6.23 Å². The van der Waals surface area contributed by atoms with E-state index in [-0.39, 0.29) is 6.23 Å². The highest BCUT2D eigenvalue weighted by Crippen LogP contribution is 2.30. The lowest BCUT2D eigenvalue weighted by atomic mass is 10.1. The second-order valence-corrected chi connectivity index (χ2v) is 8.45. The third-order valence-electron chi connectivity index (χ3n) is 6.01. The Morgan fingerprint density at radius 3 is 2.77 bits per heavy atom. The Balaban J connectivity index is 1.53. The molecule has 0 amide bonds. The van der Waals surface area contributed by atoms with Crippen molar-refractivity contribution in [3.63, 3.8) is 0 Å². The van der Waals surface area contributed by atoms with Crippen molar-refractivity contribution in [3.8, 4) is 0 Å². The van der Waals surface area contributed by atoms with Crippen molar-refractivity contribution >= 4 is 22.7 Å². The Morgan fingerprint density at radius 2 is 2.00 bits per heavy atom. The number of aromatic nitrogens is 3. The Labute approximate surface area is 206 Å². The Bertz CT molecular complexity index is 1280. The maximum absolute atomic E-state index is 6.02. The Morgan fingerprint density at radius 1 is 1.17 bits per heavy atom. The van der Waals surface area contributed by atoms with Gasteiger partial charge in [-0.05, 0) is 13.3 Å². The molecule has 1 atom stereocenters. The van der Waals surface area contributed by atoms with E-state index < -0.39 is 0 Å². The number of ether oxygens (including phenoxy) is 2. The van der Waals surface area contributed by atoms with Gasteiger partial charge in [0.15, 0.2) is 5.65 Å². The molecule has 5 rings (SSSR count). The minimum absolute atomic E-state index is 0.369. The van der Waals surface area contributed by atoms with E-state index in [2.05, 4.69) is 59.6 Å². The van der Waals surface area contributed by atoms with Crippen LogP contribution in [0.5, 0.6) is 0 Å². The van der Waals surface area contributed by atoms with Crippen LogP contribution < -0.4 is 10.2 Å². The van der Waals surface area contributed by atoms with E-state index in [9.17, 15) is 0 Å². The summed E-state index contributed by atoms with van der Waals surface area (Å²) in [6.07, 6.45) is 12.8. The van der Waals surface area contributed by atoms with Crippen LogP contribution in [0.25, 0.3) is 16.9 Å². The highest BCUT2D eigenvalue weighted by atomic mass is 16.5. The summed E-state index contributed by atoms with van der Waals surface area (Å²) in [6, 6.07) is 14.3. The molecule has 2 aliphatic heterocycles. The molecule has 2 aliphatic rings. The van der Waals surface area contributed by atoms with E-state index in [1.807, 2.05) is 41.8 Å². The lowest BCUT2D eigenvalue weighted by Crippen LogP contribution is -2.37. The van der Waals surface area contributed by atoms with E-state index in [0.717, 1.165) is 59.2 Å². The first-order valence-electron chi connectivity index (χ1n) is 12.2. The quantitative estimate of drug-likeness (QED) is 0.485. The molecule has 1 N–H and O–H groups in total.